The van der Waals surface area contributed by atoms with E-state index in [0.717, 1.165) is 24.4 Å². The number of nitrogens with one attached hydrogen (secondary N) is 2. The number of rotatable bonds is 5. The minimum atomic E-state index is -3.09. The van der Waals surface area contributed by atoms with Crippen molar-refractivity contribution in [2.75, 3.05) is 24.7 Å². The van der Waals surface area contributed by atoms with Crippen LogP contribution in [0.5, 0.6) is 0 Å². The zero-order valence-electron chi connectivity index (χ0n) is 16.7. The first-order valence-corrected chi connectivity index (χ1v) is 12.1. The minimum absolute atomic E-state index is 0.251. The number of hydrogen-bond acceptors (Lipinski definition) is 4. The molecule has 7 heteroatoms. The summed E-state index contributed by atoms with van der Waals surface area (Å²) >= 11 is 0. The molecule has 1 aliphatic carbocycles. The van der Waals surface area contributed by atoms with Gasteiger partial charge in [0.2, 0.25) is 10.0 Å². The van der Waals surface area contributed by atoms with E-state index in [1.54, 1.807) is 4.31 Å². The van der Waals surface area contributed by atoms with Crippen LogP contribution in [-0.4, -0.2) is 48.3 Å². The molecule has 6 nitrogen and oxygen atoms in total. The van der Waals surface area contributed by atoms with Gasteiger partial charge in [0.15, 0.2) is 0 Å². The van der Waals surface area contributed by atoms with Crippen LogP contribution in [0.4, 0.5) is 5.82 Å². The third-order valence-electron chi connectivity index (χ3n) is 6.09. The molecular formula is C21H30N4O2S. The number of piperidine rings is 1. The fourth-order valence-electron chi connectivity index (χ4n) is 4.55. The molecule has 1 aliphatic heterocycles. The molecule has 0 amide bonds. The van der Waals surface area contributed by atoms with Crippen molar-refractivity contribution in [3.8, 4) is 11.3 Å². The summed E-state index contributed by atoms with van der Waals surface area (Å²) in [6.45, 7) is 3.29. The first kappa shape index (κ1) is 19.5. The van der Waals surface area contributed by atoms with Crippen LogP contribution in [-0.2, 0) is 10.0 Å². The highest BCUT2D eigenvalue weighted by Crippen LogP contribution is 2.36. The number of aromatic nitrogens is 2. The molecule has 0 unspecified atom stereocenters. The standard InChI is InChI=1S/C21H30N4O2S/c1-15-11-17(16-5-3-4-6-16)13-18(12-15)20-14-21(24-23-20)22-19-7-9-25(10-8-19)28(2,26)27/h11-14,16,19H,3-10H2,1-2H3,(H2,22,23,24). The van der Waals surface area contributed by atoms with Crippen LogP contribution < -0.4 is 5.32 Å². The molecule has 1 saturated carbocycles. The molecule has 4 rings (SSSR count). The molecule has 28 heavy (non-hydrogen) atoms. The summed E-state index contributed by atoms with van der Waals surface area (Å²) in [5, 5.41) is 11.1. The van der Waals surface area contributed by atoms with Crippen LogP contribution in [0.25, 0.3) is 11.3 Å². The van der Waals surface area contributed by atoms with Gasteiger partial charge in [-0.1, -0.05) is 24.5 Å². The molecule has 0 radical (unpaired) electrons. The fourth-order valence-corrected chi connectivity index (χ4v) is 5.42. The quantitative estimate of drug-likeness (QED) is 0.796. The van der Waals surface area contributed by atoms with Gasteiger partial charge in [0.05, 0.1) is 11.9 Å². The van der Waals surface area contributed by atoms with Crippen LogP contribution in [0.2, 0.25) is 0 Å². The topological polar surface area (TPSA) is 78.1 Å². The number of anilines is 1. The largest absolute Gasteiger partial charge is 0.366 e. The highest BCUT2D eigenvalue weighted by atomic mass is 32.2. The number of H-pyrrole nitrogens is 1. The molecular weight excluding hydrogens is 372 g/mol. The molecule has 152 valence electrons. The summed E-state index contributed by atoms with van der Waals surface area (Å²) in [6.07, 6.45) is 8.14. The van der Waals surface area contributed by atoms with E-state index >= 15 is 0 Å². The zero-order valence-corrected chi connectivity index (χ0v) is 17.6. The van der Waals surface area contributed by atoms with E-state index in [1.807, 2.05) is 0 Å². The number of hydrogen-bond donors (Lipinski definition) is 2. The summed E-state index contributed by atoms with van der Waals surface area (Å²) in [5.41, 5.74) is 4.95. The van der Waals surface area contributed by atoms with Gasteiger partial charge in [-0.05, 0) is 56.2 Å². The maximum Gasteiger partial charge on any atom is 0.211 e. The van der Waals surface area contributed by atoms with Crippen molar-refractivity contribution in [3.63, 3.8) is 0 Å². The van der Waals surface area contributed by atoms with Crippen molar-refractivity contribution in [2.45, 2.75) is 57.4 Å². The van der Waals surface area contributed by atoms with Gasteiger partial charge < -0.3 is 5.32 Å². The summed E-state index contributed by atoms with van der Waals surface area (Å²) in [5.74, 6) is 1.52. The van der Waals surface area contributed by atoms with E-state index < -0.39 is 10.0 Å². The van der Waals surface area contributed by atoms with Crippen molar-refractivity contribution in [3.05, 3.63) is 35.4 Å². The molecule has 2 aliphatic rings. The van der Waals surface area contributed by atoms with Gasteiger partial charge >= 0.3 is 0 Å². The molecule has 1 saturated heterocycles. The van der Waals surface area contributed by atoms with Crippen LogP contribution in [0.15, 0.2) is 24.3 Å². The lowest BCUT2D eigenvalue weighted by Crippen LogP contribution is -2.41. The van der Waals surface area contributed by atoms with E-state index in [0.29, 0.717) is 19.0 Å². The first-order valence-electron chi connectivity index (χ1n) is 10.3. The maximum atomic E-state index is 11.6. The molecule has 2 fully saturated rings. The second kappa shape index (κ2) is 7.87. The average molecular weight is 403 g/mol. The second-order valence-corrected chi connectivity index (χ2v) is 10.3. The smallest absolute Gasteiger partial charge is 0.211 e. The Hall–Kier alpha value is -1.86. The number of aryl methyl sites for hydroxylation is 1. The Bertz CT molecular complexity index is 924. The Morgan fingerprint density at radius 1 is 1.07 bits per heavy atom. The van der Waals surface area contributed by atoms with Crippen LogP contribution in [0, 0.1) is 6.92 Å². The van der Waals surface area contributed by atoms with Crippen LogP contribution >= 0.6 is 0 Å². The Balaban J connectivity index is 1.44. The van der Waals surface area contributed by atoms with E-state index in [2.05, 4.69) is 46.7 Å². The molecule has 2 N–H and O–H groups in total. The van der Waals surface area contributed by atoms with Crippen molar-refractivity contribution in [2.24, 2.45) is 0 Å². The number of sulfonamides is 1. The highest BCUT2D eigenvalue weighted by Gasteiger charge is 2.25. The predicted octanol–water partition coefficient (Wildman–Crippen LogP) is 3.88. The zero-order chi connectivity index (χ0) is 19.7. The lowest BCUT2D eigenvalue weighted by Gasteiger charge is -2.30. The van der Waals surface area contributed by atoms with Crippen molar-refractivity contribution < 1.29 is 8.42 Å². The number of nitrogens with zero attached hydrogens (tertiary/aromatic N) is 2. The van der Waals surface area contributed by atoms with Gasteiger partial charge in [0.1, 0.15) is 5.82 Å². The van der Waals surface area contributed by atoms with Crippen molar-refractivity contribution in [1.29, 1.82) is 0 Å². The lowest BCUT2D eigenvalue weighted by molar-refractivity contribution is 0.331. The molecule has 0 bridgehead atoms. The van der Waals surface area contributed by atoms with Crippen molar-refractivity contribution >= 4 is 15.8 Å². The van der Waals surface area contributed by atoms with E-state index in [9.17, 15) is 8.42 Å². The van der Waals surface area contributed by atoms with Gasteiger partial charge in [-0.25, -0.2) is 12.7 Å². The summed E-state index contributed by atoms with van der Waals surface area (Å²) in [7, 11) is -3.09. The lowest BCUT2D eigenvalue weighted by atomic mass is 9.93. The van der Waals surface area contributed by atoms with Gasteiger partial charge in [0, 0.05) is 30.8 Å². The molecule has 1 aromatic heterocycles. The van der Waals surface area contributed by atoms with Gasteiger partial charge in [-0.2, -0.15) is 5.10 Å². The number of benzene rings is 1. The summed E-state index contributed by atoms with van der Waals surface area (Å²) < 4.78 is 24.9. The predicted molar refractivity (Wildman–Crippen MR) is 113 cm³/mol. The Morgan fingerprint density at radius 3 is 2.46 bits per heavy atom. The van der Waals surface area contributed by atoms with Crippen LogP contribution in [0.3, 0.4) is 0 Å². The normalized spacial score (nSPS) is 19.9. The molecule has 2 heterocycles. The summed E-state index contributed by atoms with van der Waals surface area (Å²) in [4.78, 5) is 0. The first-order chi connectivity index (χ1) is 13.4. The van der Waals surface area contributed by atoms with E-state index in [1.165, 1.54) is 48.6 Å². The van der Waals surface area contributed by atoms with Gasteiger partial charge in [-0.15, -0.1) is 0 Å². The molecule has 0 atom stereocenters. The second-order valence-electron chi connectivity index (χ2n) is 8.36. The highest BCUT2D eigenvalue weighted by molar-refractivity contribution is 7.88. The summed E-state index contributed by atoms with van der Waals surface area (Å²) in [6, 6.07) is 9.16. The van der Waals surface area contributed by atoms with E-state index in [-0.39, 0.29) is 6.04 Å². The SMILES string of the molecule is Cc1cc(-c2cc(NC3CCN(S(C)(=O)=O)CC3)n[nH]2)cc(C2CCCC2)c1. The van der Waals surface area contributed by atoms with E-state index in [4.69, 9.17) is 0 Å². The maximum absolute atomic E-state index is 11.6. The Morgan fingerprint density at radius 2 is 1.79 bits per heavy atom. The Kier molecular flexibility index (Phi) is 5.47. The third kappa shape index (κ3) is 4.41. The number of aromatic amines is 1. The van der Waals surface area contributed by atoms with Crippen molar-refractivity contribution in [1.82, 2.24) is 14.5 Å². The monoisotopic (exact) mass is 402 g/mol. The Labute approximate surface area is 167 Å². The third-order valence-corrected chi connectivity index (χ3v) is 7.39. The van der Waals surface area contributed by atoms with Crippen LogP contribution in [0.1, 0.15) is 55.6 Å². The minimum Gasteiger partial charge on any atom is -0.366 e. The van der Waals surface area contributed by atoms with Gasteiger partial charge in [0.25, 0.3) is 0 Å². The molecule has 2 aromatic rings. The molecule has 0 spiro atoms. The average Bonchev–Trinajstić information content (AvgIpc) is 3.33. The van der Waals surface area contributed by atoms with Gasteiger partial charge in [-0.3, -0.25) is 5.10 Å². The molecule has 1 aromatic carbocycles. The fraction of sp³-hybridized carbons (Fsp3) is 0.571.